The molecular weight excluding hydrogens is 244 g/mol. The lowest BCUT2D eigenvalue weighted by Crippen LogP contribution is -2.28. The Morgan fingerprint density at radius 1 is 1.05 bits per heavy atom. The van der Waals surface area contributed by atoms with Crippen LogP contribution in [0.25, 0.3) is 0 Å². The van der Waals surface area contributed by atoms with Crippen LogP contribution in [0, 0.1) is 30.4 Å². The van der Waals surface area contributed by atoms with Crippen molar-refractivity contribution in [1.29, 1.82) is 0 Å². The highest BCUT2D eigenvalue weighted by molar-refractivity contribution is 5.29. The third kappa shape index (κ3) is 4.27. The normalized spacial score (nSPS) is 14.7. The Morgan fingerprint density at radius 2 is 1.68 bits per heavy atom. The number of benzene rings is 1. The van der Waals surface area contributed by atoms with Crippen molar-refractivity contribution in [3.05, 3.63) is 34.9 Å². The van der Waals surface area contributed by atoms with Crippen molar-refractivity contribution in [3.63, 3.8) is 0 Å². The van der Waals surface area contributed by atoms with E-state index in [1.807, 2.05) is 13.8 Å². The van der Waals surface area contributed by atoms with Crippen LogP contribution in [0.3, 0.4) is 0 Å². The second kappa shape index (κ2) is 6.99. The number of hydrogen-bond donors (Lipinski definition) is 1. The van der Waals surface area contributed by atoms with Gasteiger partial charge in [0.2, 0.25) is 0 Å². The highest BCUT2D eigenvalue weighted by Crippen LogP contribution is 2.29. The first-order valence-electron chi connectivity index (χ1n) is 6.99. The fourth-order valence-electron chi connectivity index (χ4n) is 2.16. The summed E-state index contributed by atoms with van der Waals surface area (Å²) < 4.78 is 27.9. The molecule has 1 N–H and O–H groups in total. The van der Waals surface area contributed by atoms with E-state index in [9.17, 15) is 8.78 Å². The molecule has 0 aliphatic carbocycles. The molecule has 0 aliphatic heterocycles. The lowest BCUT2D eigenvalue weighted by atomic mass is 9.87. The average Bonchev–Trinajstić information content (AvgIpc) is 2.33. The standard InChI is InChI=1S/C16H25F2N/c1-10(2)8-19-9-12(4)13(5)15-14(17)7-6-11(3)16(15)18/h6-7,10,12-13,19H,8-9H2,1-5H3. The van der Waals surface area contributed by atoms with Crippen molar-refractivity contribution in [1.82, 2.24) is 5.32 Å². The van der Waals surface area contributed by atoms with Crippen molar-refractivity contribution < 1.29 is 8.78 Å². The quantitative estimate of drug-likeness (QED) is 0.813. The van der Waals surface area contributed by atoms with Crippen LogP contribution in [0.1, 0.15) is 44.7 Å². The Hall–Kier alpha value is -0.960. The fraction of sp³-hybridized carbons (Fsp3) is 0.625. The average molecular weight is 269 g/mol. The Labute approximate surface area is 115 Å². The van der Waals surface area contributed by atoms with E-state index in [1.165, 1.54) is 12.1 Å². The zero-order valence-electron chi connectivity index (χ0n) is 12.6. The molecule has 19 heavy (non-hydrogen) atoms. The maximum Gasteiger partial charge on any atom is 0.132 e. The van der Waals surface area contributed by atoms with Gasteiger partial charge in [0, 0.05) is 5.56 Å². The lowest BCUT2D eigenvalue weighted by molar-refractivity contribution is 0.405. The van der Waals surface area contributed by atoms with Crippen LogP contribution < -0.4 is 5.32 Å². The summed E-state index contributed by atoms with van der Waals surface area (Å²) in [6, 6.07) is 2.85. The van der Waals surface area contributed by atoms with Crippen LogP contribution >= 0.6 is 0 Å². The van der Waals surface area contributed by atoms with E-state index in [1.54, 1.807) is 6.92 Å². The largest absolute Gasteiger partial charge is 0.316 e. The number of aryl methyl sites for hydroxylation is 1. The van der Waals surface area contributed by atoms with Gasteiger partial charge in [0.15, 0.2) is 0 Å². The smallest absolute Gasteiger partial charge is 0.132 e. The molecule has 0 fully saturated rings. The Kier molecular flexibility index (Phi) is 5.92. The predicted molar refractivity (Wildman–Crippen MR) is 76.4 cm³/mol. The van der Waals surface area contributed by atoms with Crippen LogP contribution in [0.2, 0.25) is 0 Å². The molecule has 1 nitrogen and oxygen atoms in total. The van der Waals surface area contributed by atoms with Gasteiger partial charge in [0.1, 0.15) is 11.6 Å². The first kappa shape index (κ1) is 16.1. The Morgan fingerprint density at radius 3 is 2.26 bits per heavy atom. The minimum absolute atomic E-state index is 0.139. The van der Waals surface area contributed by atoms with E-state index >= 15 is 0 Å². The molecule has 2 atom stereocenters. The van der Waals surface area contributed by atoms with E-state index in [0.717, 1.165) is 13.1 Å². The maximum atomic E-state index is 14.1. The molecule has 0 radical (unpaired) electrons. The van der Waals surface area contributed by atoms with Gasteiger partial charge < -0.3 is 5.32 Å². The molecule has 0 aromatic heterocycles. The molecule has 2 unspecified atom stereocenters. The van der Waals surface area contributed by atoms with Gasteiger partial charge in [-0.15, -0.1) is 0 Å². The summed E-state index contributed by atoms with van der Waals surface area (Å²) in [6.45, 7) is 11.6. The fourth-order valence-corrected chi connectivity index (χ4v) is 2.16. The van der Waals surface area contributed by atoms with E-state index in [0.29, 0.717) is 11.5 Å². The molecular formula is C16H25F2N. The second-order valence-electron chi connectivity index (χ2n) is 5.91. The van der Waals surface area contributed by atoms with E-state index in [2.05, 4.69) is 19.2 Å². The first-order valence-corrected chi connectivity index (χ1v) is 6.99. The van der Waals surface area contributed by atoms with Gasteiger partial charge in [0.05, 0.1) is 0 Å². The van der Waals surface area contributed by atoms with Crippen molar-refractivity contribution >= 4 is 0 Å². The summed E-state index contributed by atoms with van der Waals surface area (Å²) >= 11 is 0. The molecule has 1 aromatic carbocycles. The molecule has 0 amide bonds. The monoisotopic (exact) mass is 269 g/mol. The summed E-state index contributed by atoms with van der Waals surface area (Å²) in [7, 11) is 0. The molecule has 0 aliphatic rings. The highest BCUT2D eigenvalue weighted by Gasteiger charge is 2.22. The van der Waals surface area contributed by atoms with E-state index in [4.69, 9.17) is 0 Å². The van der Waals surface area contributed by atoms with Gasteiger partial charge in [-0.2, -0.15) is 0 Å². The van der Waals surface area contributed by atoms with Gasteiger partial charge in [0.25, 0.3) is 0 Å². The van der Waals surface area contributed by atoms with Crippen molar-refractivity contribution in [2.24, 2.45) is 11.8 Å². The van der Waals surface area contributed by atoms with E-state index < -0.39 is 11.6 Å². The zero-order chi connectivity index (χ0) is 14.6. The molecule has 1 rings (SSSR count). The molecule has 108 valence electrons. The van der Waals surface area contributed by atoms with Gasteiger partial charge in [-0.3, -0.25) is 0 Å². The van der Waals surface area contributed by atoms with E-state index in [-0.39, 0.29) is 17.4 Å². The van der Waals surface area contributed by atoms with Gasteiger partial charge in [-0.05, 0) is 49.4 Å². The summed E-state index contributed by atoms with van der Waals surface area (Å²) in [5.41, 5.74) is 0.726. The summed E-state index contributed by atoms with van der Waals surface area (Å²) in [4.78, 5) is 0. The molecule has 0 saturated heterocycles. The first-order chi connectivity index (χ1) is 8.84. The summed E-state index contributed by atoms with van der Waals surface area (Å²) in [6.07, 6.45) is 0. The van der Waals surface area contributed by atoms with Crippen LogP contribution in [0.15, 0.2) is 12.1 Å². The molecule has 0 bridgehead atoms. The maximum absolute atomic E-state index is 14.1. The molecule has 0 spiro atoms. The molecule has 3 heteroatoms. The summed E-state index contributed by atoms with van der Waals surface area (Å²) in [5, 5.41) is 3.34. The lowest BCUT2D eigenvalue weighted by Gasteiger charge is -2.23. The van der Waals surface area contributed by atoms with Crippen molar-refractivity contribution in [2.75, 3.05) is 13.1 Å². The zero-order valence-corrected chi connectivity index (χ0v) is 12.6. The van der Waals surface area contributed by atoms with Gasteiger partial charge >= 0.3 is 0 Å². The topological polar surface area (TPSA) is 12.0 Å². The third-order valence-corrected chi connectivity index (χ3v) is 3.65. The SMILES string of the molecule is Cc1ccc(F)c(C(C)C(C)CNCC(C)C)c1F. The second-order valence-corrected chi connectivity index (χ2v) is 5.91. The Balaban J connectivity index is 2.77. The highest BCUT2D eigenvalue weighted by atomic mass is 19.1. The molecule has 1 aromatic rings. The van der Waals surface area contributed by atoms with Crippen LogP contribution in [0.4, 0.5) is 8.78 Å². The number of halogens is 2. The number of hydrogen-bond acceptors (Lipinski definition) is 1. The minimum Gasteiger partial charge on any atom is -0.316 e. The molecule has 0 saturated carbocycles. The third-order valence-electron chi connectivity index (χ3n) is 3.65. The van der Waals surface area contributed by atoms with Crippen LogP contribution in [0.5, 0.6) is 0 Å². The minimum atomic E-state index is -0.439. The number of nitrogens with one attached hydrogen (secondary N) is 1. The van der Waals surface area contributed by atoms with Crippen molar-refractivity contribution in [3.8, 4) is 0 Å². The number of rotatable bonds is 6. The van der Waals surface area contributed by atoms with Crippen molar-refractivity contribution in [2.45, 2.75) is 40.5 Å². The van der Waals surface area contributed by atoms with Gasteiger partial charge in [-0.25, -0.2) is 8.78 Å². The van der Waals surface area contributed by atoms with Crippen LogP contribution in [-0.4, -0.2) is 13.1 Å². The molecule has 0 heterocycles. The van der Waals surface area contributed by atoms with Crippen LogP contribution in [-0.2, 0) is 0 Å². The predicted octanol–water partition coefficient (Wildman–Crippen LogP) is 4.26. The summed E-state index contributed by atoms with van der Waals surface area (Å²) in [5.74, 6) is -0.214. The Bertz CT molecular complexity index is 415. The van der Waals surface area contributed by atoms with Gasteiger partial charge in [-0.1, -0.05) is 33.8 Å².